The van der Waals surface area contributed by atoms with Crippen molar-refractivity contribution in [2.75, 3.05) is 5.73 Å². The topological polar surface area (TPSA) is 72.2 Å². The number of nitrogen functional groups attached to an aromatic ring is 1. The predicted molar refractivity (Wildman–Crippen MR) is 76.0 cm³/mol. The van der Waals surface area contributed by atoms with Crippen molar-refractivity contribution >= 4 is 43.2 Å². The second kappa shape index (κ2) is 5.20. The first-order valence-electron chi connectivity index (χ1n) is 5.69. The zero-order chi connectivity index (χ0) is 14.4. The Labute approximate surface area is 124 Å². The molecule has 8 heteroatoms. The highest BCUT2D eigenvalue weighted by Crippen LogP contribution is 2.36. The molecule has 0 saturated heterocycles. The van der Waals surface area contributed by atoms with Crippen LogP contribution >= 0.6 is 27.5 Å². The van der Waals surface area contributed by atoms with E-state index >= 15 is 0 Å². The molecule has 1 aliphatic rings. The van der Waals surface area contributed by atoms with Gasteiger partial charge in [-0.15, -0.1) is 0 Å². The summed E-state index contributed by atoms with van der Waals surface area (Å²) in [6, 6.07) is 0.826. The van der Waals surface area contributed by atoms with Gasteiger partial charge in [-0.2, -0.15) is 0 Å². The minimum absolute atomic E-state index is 0.0540. The lowest BCUT2D eigenvalue weighted by atomic mass is 10.2. The molecule has 0 aromatic heterocycles. The Morgan fingerprint density at radius 3 is 2.68 bits per heavy atom. The van der Waals surface area contributed by atoms with Gasteiger partial charge in [0.05, 0.1) is 15.2 Å². The Morgan fingerprint density at radius 1 is 1.58 bits per heavy atom. The highest BCUT2D eigenvalue weighted by atomic mass is 79.9. The van der Waals surface area contributed by atoms with E-state index in [0.717, 1.165) is 18.9 Å². The Bertz CT molecular complexity index is 620. The van der Waals surface area contributed by atoms with Crippen molar-refractivity contribution in [3.63, 3.8) is 0 Å². The maximum atomic E-state index is 14.0. The molecule has 0 amide bonds. The highest BCUT2D eigenvalue weighted by molar-refractivity contribution is 9.10. The Morgan fingerprint density at radius 2 is 2.16 bits per heavy atom. The van der Waals surface area contributed by atoms with Gasteiger partial charge in [0.2, 0.25) is 10.0 Å². The number of nitrogens with two attached hydrogens (primary N) is 1. The molecule has 0 radical (unpaired) electrons. The van der Waals surface area contributed by atoms with E-state index in [1.54, 1.807) is 6.92 Å². The number of nitrogens with one attached hydrogen (secondary N) is 1. The molecule has 1 unspecified atom stereocenters. The molecule has 1 aromatic rings. The molecule has 1 aliphatic carbocycles. The molecule has 0 aliphatic heterocycles. The molecule has 0 spiro atoms. The fourth-order valence-electron chi connectivity index (χ4n) is 1.80. The minimum atomic E-state index is -3.97. The Kier molecular flexibility index (Phi) is 4.11. The number of hydrogen-bond acceptors (Lipinski definition) is 3. The van der Waals surface area contributed by atoms with Gasteiger partial charge in [-0.3, -0.25) is 0 Å². The van der Waals surface area contributed by atoms with Gasteiger partial charge >= 0.3 is 0 Å². The van der Waals surface area contributed by atoms with Crippen molar-refractivity contribution in [3.8, 4) is 0 Å². The summed E-state index contributed by atoms with van der Waals surface area (Å²) in [5, 5.41) is 0.0540. The summed E-state index contributed by atoms with van der Waals surface area (Å²) in [5.74, 6) is -0.673. The van der Waals surface area contributed by atoms with E-state index in [1.165, 1.54) is 0 Å². The number of halogens is 3. The molecular formula is C11H13BrClFN2O2S. The van der Waals surface area contributed by atoms with Gasteiger partial charge in [0.25, 0.3) is 0 Å². The molecule has 0 bridgehead atoms. The summed E-state index contributed by atoms with van der Waals surface area (Å²) in [7, 11) is -3.97. The molecule has 3 N–H and O–H groups in total. The predicted octanol–water partition coefficient (Wildman–Crippen LogP) is 2.90. The number of rotatable bonds is 4. The summed E-state index contributed by atoms with van der Waals surface area (Å²) >= 11 is 8.83. The van der Waals surface area contributed by atoms with Crippen LogP contribution in [0.1, 0.15) is 19.8 Å². The smallest absolute Gasteiger partial charge is 0.243 e. The summed E-state index contributed by atoms with van der Waals surface area (Å²) in [4.78, 5) is -0.522. The third-order valence-corrected chi connectivity index (χ3v) is 6.06. The summed E-state index contributed by atoms with van der Waals surface area (Å²) < 4.78 is 40.8. The van der Waals surface area contributed by atoms with Crippen molar-refractivity contribution in [3.05, 3.63) is 21.4 Å². The third kappa shape index (κ3) is 3.04. The molecule has 106 valence electrons. The van der Waals surface area contributed by atoms with Crippen LogP contribution in [0.15, 0.2) is 15.4 Å². The molecule has 1 saturated carbocycles. The molecule has 1 aromatic carbocycles. The average Bonchev–Trinajstić information content (AvgIpc) is 3.14. The number of hydrogen-bond donors (Lipinski definition) is 2. The fourth-order valence-corrected chi connectivity index (χ4v) is 3.79. The van der Waals surface area contributed by atoms with Gasteiger partial charge in [0.1, 0.15) is 4.90 Å². The minimum Gasteiger partial charge on any atom is -0.395 e. The second-order valence-corrected chi connectivity index (χ2v) is 7.53. The number of anilines is 1. The number of benzene rings is 1. The summed E-state index contributed by atoms with van der Waals surface area (Å²) in [6.07, 6.45) is 1.96. The normalized spacial score (nSPS) is 17.5. The largest absolute Gasteiger partial charge is 0.395 e. The van der Waals surface area contributed by atoms with Crippen LogP contribution in [0.3, 0.4) is 0 Å². The molecule has 2 rings (SSSR count). The van der Waals surface area contributed by atoms with Crippen LogP contribution in [0.4, 0.5) is 10.1 Å². The lowest BCUT2D eigenvalue weighted by Gasteiger charge is -2.15. The van der Waals surface area contributed by atoms with Crippen molar-refractivity contribution in [2.45, 2.75) is 30.7 Å². The molecule has 0 heterocycles. The zero-order valence-corrected chi connectivity index (χ0v) is 13.2. The van der Waals surface area contributed by atoms with E-state index in [2.05, 4.69) is 20.7 Å². The van der Waals surface area contributed by atoms with E-state index in [0.29, 0.717) is 5.92 Å². The maximum Gasteiger partial charge on any atom is 0.243 e. The van der Waals surface area contributed by atoms with Gasteiger partial charge < -0.3 is 5.73 Å². The molecule has 4 nitrogen and oxygen atoms in total. The van der Waals surface area contributed by atoms with Gasteiger partial charge in [-0.25, -0.2) is 17.5 Å². The van der Waals surface area contributed by atoms with Crippen LogP contribution in [0, 0.1) is 11.7 Å². The molecule has 19 heavy (non-hydrogen) atoms. The van der Waals surface area contributed by atoms with Crippen LogP contribution in [0.5, 0.6) is 0 Å². The van der Waals surface area contributed by atoms with Crippen molar-refractivity contribution in [1.29, 1.82) is 0 Å². The van der Waals surface area contributed by atoms with E-state index in [1.807, 2.05) is 0 Å². The first kappa shape index (κ1) is 15.0. The lowest BCUT2D eigenvalue weighted by Crippen LogP contribution is -2.34. The maximum absolute atomic E-state index is 14.0. The fraction of sp³-hybridized carbons (Fsp3) is 0.455. The van der Waals surface area contributed by atoms with Crippen LogP contribution < -0.4 is 10.5 Å². The SMILES string of the molecule is CC(NS(=O)(=O)c1cc(Cl)c(Br)c(N)c1F)C1CC1. The zero-order valence-electron chi connectivity index (χ0n) is 10.1. The van der Waals surface area contributed by atoms with Crippen LogP contribution in [0.25, 0.3) is 0 Å². The quantitative estimate of drug-likeness (QED) is 0.631. The monoisotopic (exact) mass is 370 g/mol. The third-order valence-electron chi connectivity index (χ3n) is 3.12. The standard InChI is InChI=1S/C11H13BrClFN2O2S/c1-5(6-2-3-6)16-19(17,18)8-4-7(13)9(12)11(15)10(8)14/h4-6,16H,2-3,15H2,1H3. The van der Waals surface area contributed by atoms with Gasteiger partial charge in [0, 0.05) is 6.04 Å². The molecule has 1 fully saturated rings. The summed E-state index contributed by atoms with van der Waals surface area (Å²) in [5.41, 5.74) is 5.17. The van der Waals surface area contributed by atoms with E-state index < -0.39 is 20.7 Å². The van der Waals surface area contributed by atoms with E-state index in [4.69, 9.17) is 17.3 Å². The Balaban J connectivity index is 2.40. The van der Waals surface area contributed by atoms with Gasteiger partial charge in [0.15, 0.2) is 5.82 Å². The van der Waals surface area contributed by atoms with Crippen LogP contribution in [-0.2, 0) is 10.0 Å². The number of sulfonamides is 1. The lowest BCUT2D eigenvalue weighted by molar-refractivity contribution is 0.527. The van der Waals surface area contributed by atoms with Crippen molar-refractivity contribution < 1.29 is 12.8 Å². The van der Waals surface area contributed by atoms with E-state index in [-0.39, 0.29) is 21.2 Å². The van der Waals surface area contributed by atoms with Gasteiger partial charge in [-0.05, 0) is 47.7 Å². The van der Waals surface area contributed by atoms with Crippen LogP contribution in [0.2, 0.25) is 5.02 Å². The Hall–Kier alpha value is -0.370. The first-order valence-corrected chi connectivity index (χ1v) is 8.34. The van der Waals surface area contributed by atoms with E-state index in [9.17, 15) is 12.8 Å². The van der Waals surface area contributed by atoms with Crippen molar-refractivity contribution in [1.82, 2.24) is 4.72 Å². The van der Waals surface area contributed by atoms with Crippen LogP contribution in [-0.4, -0.2) is 14.5 Å². The summed E-state index contributed by atoms with van der Waals surface area (Å²) in [6.45, 7) is 1.76. The molecule has 1 atom stereocenters. The first-order chi connectivity index (χ1) is 8.74. The highest BCUT2D eigenvalue weighted by Gasteiger charge is 2.33. The second-order valence-electron chi connectivity index (χ2n) is 4.65. The molecular weight excluding hydrogens is 359 g/mol. The average molecular weight is 372 g/mol. The van der Waals surface area contributed by atoms with Gasteiger partial charge in [-0.1, -0.05) is 11.6 Å². The van der Waals surface area contributed by atoms with Crippen molar-refractivity contribution in [2.24, 2.45) is 5.92 Å².